The molecular weight excluding hydrogens is 346 g/mol. The molecule has 2 aromatic heterocycles. The van der Waals surface area contributed by atoms with Gasteiger partial charge in [-0.25, -0.2) is 0 Å². The third-order valence-electron chi connectivity index (χ3n) is 4.04. The number of thioether (sulfide) groups is 1. The maximum Gasteiger partial charge on any atom is 0.233 e. The quantitative estimate of drug-likeness (QED) is 0.601. The predicted octanol–water partition coefficient (Wildman–Crippen LogP) is 2.98. The van der Waals surface area contributed by atoms with Crippen LogP contribution >= 0.6 is 11.8 Å². The molecule has 0 unspecified atom stereocenters. The van der Waals surface area contributed by atoms with E-state index in [0.29, 0.717) is 17.5 Å². The molecule has 1 aromatic carbocycles. The molecular formula is C19H21N5OS. The molecule has 7 heteroatoms. The van der Waals surface area contributed by atoms with E-state index >= 15 is 0 Å². The highest BCUT2D eigenvalue weighted by Gasteiger charge is 2.14. The number of rotatable bonds is 7. The van der Waals surface area contributed by atoms with E-state index in [2.05, 4.69) is 28.2 Å². The van der Waals surface area contributed by atoms with Gasteiger partial charge in [-0.2, -0.15) is 0 Å². The summed E-state index contributed by atoms with van der Waals surface area (Å²) >= 11 is 1.40. The molecule has 134 valence electrons. The van der Waals surface area contributed by atoms with E-state index in [0.717, 1.165) is 17.7 Å². The Bertz CT molecular complexity index is 865. The molecule has 0 spiro atoms. The molecule has 26 heavy (non-hydrogen) atoms. The Hall–Kier alpha value is -2.67. The lowest BCUT2D eigenvalue weighted by atomic mass is 10.1. The van der Waals surface area contributed by atoms with Crippen LogP contribution in [0.2, 0.25) is 0 Å². The highest BCUT2D eigenvalue weighted by atomic mass is 32.2. The monoisotopic (exact) mass is 367 g/mol. The number of hydrogen-bond acceptors (Lipinski definition) is 5. The first kappa shape index (κ1) is 18.1. The van der Waals surface area contributed by atoms with Crippen LogP contribution in [0.5, 0.6) is 0 Å². The number of aromatic nitrogens is 4. The molecule has 0 saturated carbocycles. The number of amides is 1. The molecule has 0 saturated heterocycles. The molecule has 2 heterocycles. The van der Waals surface area contributed by atoms with Crippen LogP contribution in [0.15, 0.2) is 60.3 Å². The molecule has 0 aliphatic heterocycles. The zero-order chi connectivity index (χ0) is 18.4. The van der Waals surface area contributed by atoms with Gasteiger partial charge in [-0.15, -0.1) is 10.2 Å². The Kier molecular flexibility index (Phi) is 6.01. The van der Waals surface area contributed by atoms with Gasteiger partial charge in [0.1, 0.15) is 6.33 Å². The van der Waals surface area contributed by atoms with Crippen LogP contribution in [-0.4, -0.2) is 43.4 Å². The SMILES string of the molecule is CCc1ccccc1-n1cnnc1SCC(=O)N(C)Cc1cccnc1. The third-order valence-corrected chi connectivity index (χ3v) is 4.97. The van der Waals surface area contributed by atoms with Crippen molar-refractivity contribution < 1.29 is 4.79 Å². The molecule has 0 bridgehead atoms. The predicted molar refractivity (Wildman–Crippen MR) is 102 cm³/mol. The Labute approximate surface area is 157 Å². The molecule has 0 aliphatic rings. The maximum absolute atomic E-state index is 12.4. The van der Waals surface area contributed by atoms with Crippen LogP contribution in [0.25, 0.3) is 5.69 Å². The number of para-hydroxylation sites is 1. The van der Waals surface area contributed by atoms with E-state index in [1.807, 2.05) is 34.9 Å². The molecule has 0 N–H and O–H groups in total. The lowest BCUT2D eigenvalue weighted by Crippen LogP contribution is -2.27. The van der Waals surface area contributed by atoms with Gasteiger partial charge in [0, 0.05) is 26.0 Å². The number of pyridine rings is 1. The van der Waals surface area contributed by atoms with Crippen molar-refractivity contribution in [2.24, 2.45) is 0 Å². The molecule has 1 amide bonds. The van der Waals surface area contributed by atoms with Gasteiger partial charge < -0.3 is 4.90 Å². The van der Waals surface area contributed by atoms with Crippen molar-refractivity contribution in [1.82, 2.24) is 24.6 Å². The van der Waals surface area contributed by atoms with E-state index in [-0.39, 0.29) is 5.91 Å². The van der Waals surface area contributed by atoms with Crippen LogP contribution in [-0.2, 0) is 17.8 Å². The van der Waals surface area contributed by atoms with Crippen molar-refractivity contribution in [1.29, 1.82) is 0 Å². The summed E-state index contributed by atoms with van der Waals surface area (Å²) in [4.78, 5) is 18.2. The fraction of sp³-hybridized carbons (Fsp3) is 0.263. The average molecular weight is 367 g/mol. The number of benzene rings is 1. The Morgan fingerprint density at radius 3 is 2.85 bits per heavy atom. The number of carbonyl (C=O) groups is 1. The summed E-state index contributed by atoms with van der Waals surface area (Å²) in [5.41, 5.74) is 3.28. The fourth-order valence-electron chi connectivity index (χ4n) is 2.62. The standard InChI is InChI=1S/C19H21N5OS/c1-3-16-8-4-5-9-17(16)24-14-21-22-19(24)26-13-18(25)23(2)12-15-7-6-10-20-11-15/h4-11,14H,3,12-13H2,1-2H3. The zero-order valence-corrected chi connectivity index (χ0v) is 15.7. The minimum Gasteiger partial charge on any atom is -0.341 e. The van der Waals surface area contributed by atoms with Gasteiger partial charge >= 0.3 is 0 Å². The normalized spacial score (nSPS) is 10.7. The molecule has 0 fully saturated rings. The zero-order valence-electron chi connectivity index (χ0n) is 14.9. The topological polar surface area (TPSA) is 63.9 Å². The molecule has 3 aromatic rings. The summed E-state index contributed by atoms with van der Waals surface area (Å²) in [6.45, 7) is 2.66. The van der Waals surface area contributed by atoms with Gasteiger partial charge in [-0.05, 0) is 29.7 Å². The number of hydrogen-bond donors (Lipinski definition) is 0. The highest BCUT2D eigenvalue weighted by molar-refractivity contribution is 7.99. The van der Waals surface area contributed by atoms with Gasteiger partial charge in [0.05, 0.1) is 11.4 Å². The summed E-state index contributed by atoms with van der Waals surface area (Å²) in [7, 11) is 1.80. The summed E-state index contributed by atoms with van der Waals surface area (Å²) in [5, 5.41) is 8.92. The molecule has 6 nitrogen and oxygen atoms in total. The van der Waals surface area contributed by atoms with Crippen molar-refractivity contribution >= 4 is 17.7 Å². The lowest BCUT2D eigenvalue weighted by Gasteiger charge is -2.17. The van der Waals surface area contributed by atoms with Crippen LogP contribution < -0.4 is 0 Å². The first-order valence-corrected chi connectivity index (χ1v) is 9.41. The van der Waals surface area contributed by atoms with Gasteiger partial charge in [0.25, 0.3) is 0 Å². The van der Waals surface area contributed by atoms with Gasteiger partial charge in [0.2, 0.25) is 5.91 Å². The minimum atomic E-state index is 0.0391. The average Bonchev–Trinajstić information content (AvgIpc) is 3.15. The Morgan fingerprint density at radius 1 is 1.23 bits per heavy atom. The van der Waals surface area contributed by atoms with Crippen LogP contribution in [0.1, 0.15) is 18.1 Å². The highest BCUT2D eigenvalue weighted by Crippen LogP contribution is 2.22. The molecule has 0 radical (unpaired) electrons. The van der Waals surface area contributed by atoms with Crippen molar-refractivity contribution in [3.63, 3.8) is 0 Å². The van der Waals surface area contributed by atoms with Crippen LogP contribution in [0.4, 0.5) is 0 Å². The smallest absolute Gasteiger partial charge is 0.233 e. The second kappa shape index (κ2) is 8.62. The first-order chi connectivity index (χ1) is 12.7. The largest absolute Gasteiger partial charge is 0.341 e. The van der Waals surface area contributed by atoms with Crippen LogP contribution in [0.3, 0.4) is 0 Å². The fourth-order valence-corrected chi connectivity index (χ4v) is 3.49. The number of carbonyl (C=O) groups excluding carboxylic acids is 1. The molecule has 0 atom stereocenters. The number of nitrogens with zero attached hydrogens (tertiary/aromatic N) is 5. The molecule has 0 aliphatic carbocycles. The van der Waals surface area contributed by atoms with Crippen molar-refractivity contribution in [3.8, 4) is 5.69 Å². The summed E-state index contributed by atoms with van der Waals surface area (Å²) < 4.78 is 1.94. The lowest BCUT2D eigenvalue weighted by molar-refractivity contribution is -0.127. The Morgan fingerprint density at radius 2 is 2.08 bits per heavy atom. The van der Waals surface area contributed by atoms with E-state index in [9.17, 15) is 4.79 Å². The third kappa shape index (κ3) is 4.29. The minimum absolute atomic E-state index is 0.0391. The van der Waals surface area contributed by atoms with E-state index < -0.39 is 0 Å². The van der Waals surface area contributed by atoms with E-state index in [4.69, 9.17) is 0 Å². The van der Waals surface area contributed by atoms with Gasteiger partial charge in [-0.3, -0.25) is 14.3 Å². The van der Waals surface area contributed by atoms with Crippen molar-refractivity contribution in [3.05, 3.63) is 66.2 Å². The van der Waals surface area contributed by atoms with Crippen molar-refractivity contribution in [2.45, 2.75) is 25.0 Å². The van der Waals surface area contributed by atoms with Gasteiger partial charge in [-0.1, -0.05) is 43.0 Å². The van der Waals surface area contributed by atoms with Gasteiger partial charge in [0.15, 0.2) is 5.16 Å². The summed E-state index contributed by atoms with van der Waals surface area (Å²) in [5.74, 6) is 0.348. The van der Waals surface area contributed by atoms with E-state index in [1.54, 1.807) is 30.7 Å². The summed E-state index contributed by atoms with van der Waals surface area (Å²) in [6, 6.07) is 12.0. The second-order valence-corrected chi connectivity index (χ2v) is 6.81. The molecule has 3 rings (SSSR count). The second-order valence-electron chi connectivity index (χ2n) is 5.87. The maximum atomic E-state index is 12.4. The summed E-state index contributed by atoms with van der Waals surface area (Å²) in [6.07, 6.45) is 6.11. The first-order valence-electron chi connectivity index (χ1n) is 8.43. The van der Waals surface area contributed by atoms with E-state index in [1.165, 1.54) is 17.3 Å². The Balaban J connectivity index is 1.65. The van der Waals surface area contributed by atoms with Crippen molar-refractivity contribution in [2.75, 3.05) is 12.8 Å². The number of aryl methyl sites for hydroxylation is 1. The van der Waals surface area contributed by atoms with Crippen LogP contribution in [0, 0.1) is 0 Å².